The molecular formula is C16H25N5S. The van der Waals surface area contributed by atoms with E-state index in [-0.39, 0.29) is 0 Å². The highest BCUT2D eigenvalue weighted by atomic mass is 32.1. The van der Waals surface area contributed by atoms with Crippen LogP contribution in [0.15, 0.2) is 6.33 Å². The summed E-state index contributed by atoms with van der Waals surface area (Å²) in [6.07, 6.45) is 2.78. The molecule has 0 aliphatic carbocycles. The lowest BCUT2D eigenvalue weighted by Crippen LogP contribution is -2.35. The van der Waals surface area contributed by atoms with Gasteiger partial charge in [0.15, 0.2) is 0 Å². The SMILES string of the molecule is CC(C)N1CCc2c(sc3ncnc(NCCN(C)C)c23)C1. The van der Waals surface area contributed by atoms with E-state index in [9.17, 15) is 0 Å². The van der Waals surface area contributed by atoms with Gasteiger partial charge in [0, 0.05) is 37.1 Å². The van der Waals surface area contributed by atoms with Crippen molar-refractivity contribution in [3.8, 4) is 0 Å². The molecule has 0 saturated carbocycles. The van der Waals surface area contributed by atoms with Gasteiger partial charge in [-0.3, -0.25) is 4.90 Å². The van der Waals surface area contributed by atoms with E-state index in [0.29, 0.717) is 6.04 Å². The number of nitrogens with one attached hydrogen (secondary N) is 1. The predicted octanol–water partition coefficient (Wildman–Crippen LogP) is 2.43. The molecule has 3 rings (SSSR count). The Kier molecular flexibility index (Phi) is 4.61. The monoisotopic (exact) mass is 319 g/mol. The largest absolute Gasteiger partial charge is 0.368 e. The maximum absolute atomic E-state index is 4.50. The van der Waals surface area contributed by atoms with Crippen molar-refractivity contribution in [2.75, 3.05) is 39.0 Å². The summed E-state index contributed by atoms with van der Waals surface area (Å²) in [6, 6.07) is 0.599. The van der Waals surface area contributed by atoms with E-state index in [0.717, 1.165) is 43.2 Å². The number of fused-ring (bicyclic) bond motifs is 3. The molecule has 3 heterocycles. The molecule has 2 aromatic heterocycles. The van der Waals surface area contributed by atoms with E-state index < -0.39 is 0 Å². The topological polar surface area (TPSA) is 44.3 Å². The highest BCUT2D eigenvalue weighted by Crippen LogP contribution is 2.37. The quantitative estimate of drug-likeness (QED) is 0.917. The van der Waals surface area contributed by atoms with Crippen molar-refractivity contribution in [1.82, 2.24) is 19.8 Å². The number of hydrogen-bond donors (Lipinski definition) is 1. The van der Waals surface area contributed by atoms with E-state index in [1.807, 2.05) is 11.3 Å². The standard InChI is InChI=1S/C16H25N5S/c1-11(2)21-7-5-12-13(9-21)22-16-14(12)15(18-10-19-16)17-6-8-20(3)4/h10-11H,5-9H2,1-4H3,(H,17,18,19). The molecule has 0 amide bonds. The van der Waals surface area contributed by atoms with Crippen LogP contribution in [-0.2, 0) is 13.0 Å². The van der Waals surface area contributed by atoms with Crippen molar-refractivity contribution in [1.29, 1.82) is 0 Å². The highest BCUT2D eigenvalue weighted by molar-refractivity contribution is 7.18. The molecule has 0 radical (unpaired) electrons. The number of hydrogen-bond acceptors (Lipinski definition) is 6. The van der Waals surface area contributed by atoms with Crippen LogP contribution < -0.4 is 5.32 Å². The van der Waals surface area contributed by atoms with Gasteiger partial charge in [0.05, 0.1) is 5.39 Å². The van der Waals surface area contributed by atoms with E-state index in [1.54, 1.807) is 6.33 Å². The average molecular weight is 319 g/mol. The first-order valence-electron chi connectivity index (χ1n) is 7.94. The number of nitrogens with zero attached hydrogens (tertiary/aromatic N) is 4. The summed E-state index contributed by atoms with van der Waals surface area (Å²) >= 11 is 1.83. The van der Waals surface area contributed by atoms with Crippen molar-refractivity contribution in [2.24, 2.45) is 0 Å². The van der Waals surface area contributed by atoms with Gasteiger partial charge in [-0.2, -0.15) is 0 Å². The number of aromatic nitrogens is 2. The molecule has 1 aliphatic heterocycles. The zero-order valence-corrected chi connectivity index (χ0v) is 14.7. The van der Waals surface area contributed by atoms with Gasteiger partial charge in [-0.15, -0.1) is 11.3 Å². The number of rotatable bonds is 5. The van der Waals surface area contributed by atoms with Crippen molar-refractivity contribution in [3.05, 3.63) is 16.8 Å². The van der Waals surface area contributed by atoms with Crippen molar-refractivity contribution in [2.45, 2.75) is 32.9 Å². The first kappa shape index (κ1) is 15.6. The molecule has 0 spiro atoms. The Hall–Kier alpha value is -1.24. The molecule has 1 N–H and O–H groups in total. The van der Waals surface area contributed by atoms with Gasteiger partial charge in [-0.1, -0.05) is 0 Å². The molecule has 120 valence electrons. The smallest absolute Gasteiger partial charge is 0.138 e. The molecule has 22 heavy (non-hydrogen) atoms. The molecule has 2 aromatic rings. The van der Waals surface area contributed by atoms with Crippen molar-refractivity contribution >= 4 is 27.4 Å². The molecule has 0 unspecified atom stereocenters. The first-order valence-corrected chi connectivity index (χ1v) is 8.76. The van der Waals surface area contributed by atoms with Gasteiger partial charge in [0.1, 0.15) is 17.0 Å². The summed E-state index contributed by atoms with van der Waals surface area (Å²) in [5.41, 5.74) is 1.46. The lowest BCUT2D eigenvalue weighted by molar-refractivity contribution is 0.206. The van der Waals surface area contributed by atoms with Crippen LogP contribution in [0.1, 0.15) is 24.3 Å². The second kappa shape index (κ2) is 6.48. The zero-order valence-electron chi connectivity index (χ0n) is 13.9. The van der Waals surface area contributed by atoms with E-state index >= 15 is 0 Å². The molecule has 0 bridgehead atoms. The Labute approximate surface area is 136 Å². The Morgan fingerprint density at radius 3 is 2.91 bits per heavy atom. The Bertz CT molecular complexity index is 649. The van der Waals surface area contributed by atoms with Gasteiger partial charge in [-0.05, 0) is 39.9 Å². The first-order chi connectivity index (χ1) is 10.6. The fourth-order valence-electron chi connectivity index (χ4n) is 2.92. The normalized spacial score (nSPS) is 15.7. The second-order valence-corrected chi connectivity index (χ2v) is 7.53. The summed E-state index contributed by atoms with van der Waals surface area (Å²) in [7, 11) is 4.18. The summed E-state index contributed by atoms with van der Waals surface area (Å²) < 4.78 is 0. The molecular weight excluding hydrogens is 294 g/mol. The fourth-order valence-corrected chi connectivity index (χ4v) is 4.13. The highest BCUT2D eigenvalue weighted by Gasteiger charge is 2.24. The maximum Gasteiger partial charge on any atom is 0.138 e. The fraction of sp³-hybridized carbons (Fsp3) is 0.625. The second-order valence-electron chi connectivity index (χ2n) is 6.45. The minimum Gasteiger partial charge on any atom is -0.368 e. The van der Waals surface area contributed by atoms with E-state index in [1.165, 1.54) is 15.8 Å². The molecule has 0 aromatic carbocycles. The molecule has 6 heteroatoms. The third-order valence-electron chi connectivity index (χ3n) is 4.25. The summed E-state index contributed by atoms with van der Waals surface area (Å²) in [4.78, 5) is 16.3. The molecule has 0 atom stereocenters. The lowest BCUT2D eigenvalue weighted by Gasteiger charge is -2.30. The van der Waals surface area contributed by atoms with Crippen LogP contribution in [0.5, 0.6) is 0 Å². The van der Waals surface area contributed by atoms with Gasteiger partial charge < -0.3 is 10.2 Å². The predicted molar refractivity (Wildman–Crippen MR) is 93.7 cm³/mol. The van der Waals surface area contributed by atoms with Gasteiger partial charge in [0.2, 0.25) is 0 Å². The molecule has 1 aliphatic rings. The summed E-state index contributed by atoms with van der Waals surface area (Å²) in [5, 5.41) is 4.74. The zero-order chi connectivity index (χ0) is 15.7. The number of likely N-dealkylation sites (N-methyl/N-ethyl adjacent to an activating group) is 1. The minimum atomic E-state index is 0.599. The van der Waals surface area contributed by atoms with E-state index in [2.05, 4.69) is 53.0 Å². The molecule has 5 nitrogen and oxygen atoms in total. The van der Waals surface area contributed by atoms with E-state index in [4.69, 9.17) is 0 Å². The third-order valence-corrected chi connectivity index (χ3v) is 5.37. The minimum absolute atomic E-state index is 0.599. The van der Waals surface area contributed by atoms with Gasteiger partial charge >= 0.3 is 0 Å². The van der Waals surface area contributed by atoms with Crippen molar-refractivity contribution < 1.29 is 0 Å². The van der Waals surface area contributed by atoms with Gasteiger partial charge in [0.25, 0.3) is 0 Å². The van der Waals surface area contributed by atoms with Crippen LogP contribution in [0.3, 0.4) is 0 Å². The summed E-state index contributed by atoms with van der Waals surface area (Å²) in [6.45, 7) is 8.62. The van der Waals surface area contributed by atoms with Crippen LogP contribution in [-0.4, -0.2) is 59.5 Å². The third kappa shape index (κ3) is 3.09. The molecule has 0 fully saturated rings. The Balaban J connectivity index is 1.89. The number of anilines is 1. The average Bonchev–Trinajstić information content (AvgIpc) is 2.85. The van der Waals surface area contributed by atoms with Gasteiger partial charge in [-0.25, -0.2) is 9.97 Å². The van der Waals surface area contributed by atoms with Crippen LogP contribution in [0.25, 0.3) is 10.2 Å². The van der Waals surface area contributed by atoms with Crippen LogP contribution >= 0.6 is 11.3 Å². The molecule has 0 saturated heterocycles. The van der Waals surface area contributed by atoms with Crippen LogP contribution in [0, 0.1) is 0 Å². The Morgan fingerprint density at radius 2 is 2.18 bits per heavy atom. The van der Waals surface area contributed by atoms with Crippen LogP contribution in [0.4, 0.5) is 5.82 Å². The van der Waals surface area contributed by atoms with Crippen molar-refractivity contribution in [3.63, 3.8) is 0 Å². The Morgan fingerprint density at radius 1 is 1.36 bits per heavy atom. The maximum atomic E-state index is 4.50. The van der Waals surface area contributed by atoms with Crippen LogP contribution in [0.2, 0.25) is 0 Å². The lowest BCUT2D eigenvalue weighted by atomic mass is 10.0. The summed E-state index contributed by atoms with van der Waals surface area (Å²) in [5.74, 6) is 1.00. The number of thiophene rings is 1.